The van der Waals surface area contributed by atoms with E-state index in [9.17, 15) is 4.79 Å². The molecule has 1 heterocycles. The zero-order valence-corrected chi connectivity index (χ0v) is 17.3. The van der Waals surface area contributed by atoms with Crippen LogP contribution in [0.25, 0.3) is 0 Å². The fourth-order valence-electron chi connectivity index (χ4n) is 3.48. The van der Waals surface area contributed by atoms with Gasteiger partial charge in [0, 0.05) is 37.7 Å². The number of likely N-dealkylation sites (N-methyl/N-ethyl adjacent to an activating group) is 1. The summed E-state index contributed by atoms with van der Waals surface area (Å²) in [5.74, 6) is 0.864. The minimum absolute atomic E-state index is 0.0231. The molecular weight excluding hydrogens is 374 g/mol. The molecule has 150 valence electrons. The third-order valence-electron chi connectivity index (χ3n) is 5.25. The number of piperazine rings is 1. The molecule has 5 nitrogen and oxygen atoms in total. The maximum atomic E-state index is 12.5. The van der Waals surface area contributed by atoms with E-state index in [1.807, 2.05) is 36.4 Å². The Labute approximate surface area is 172 Å². The van der Waals surface area contributed by atoms with Crippen LogP contribution in [0.1, 0.15) is 17.2 Å². The molecule has 2 aromatic rings. The standard InChI is InChI=1S/C22H28ClN3O2/c1-25-11-13-26(14-12-25)21(18-5-9-20(28-2)10-6-18)16-24-22(27)15-17-3-7-19(23)8-4-17/h3-10,21H,11-16H2,1-2H3,(H,24,27)/t21-/m1/s1. The van der Waals surface area contributed by atoms with Crippen LogP contribution in [0.2, 0.25) is 5.02 Å². The Morgan fingerprint density at radius 3 is 2.32 bits per heavy atom. The zero-order valence-electron chi connectivity index (χ0n) is 16.5. The van der Waals surface area contributed by atoms with E-state index in [0.29, 0.717) is 18.0 Å². The molecule has 6 heteroatoms. The smallest absolute Gasteiger partial charge is 0.224 e. The Bertz CT molecular complexity index is 756. The van der Waals surface area contributed by atoms with Gasteiger partial charge in [0.2, 0.25) is 5.91 Å². The number of halogens is 1. The molecule has 0 radical (unpaired) electrons. The quantitative estimate of drug-likeness (QED) is 0.774. The summed E-state index contributed by atoms with van der Waals surface area (Å²) in [5.41, 5.74) is 2.15. The number of carbonyl (C=O) groups excluding carboxylic acids is 1. The summed E-state index contributed by atoms with van der Waals surface area (Å²) in [4.78, 5) is 17.3. The van der Waals surface area contributed by atoms with Crippen molar-refractivity contribution in [2.45, 2.75) is 12.5 Å². The van der Waals surface area contributed by atoms with Gasteiger partial charge in [-0.05, 0) is 42.4 Å². The van der Waals surface area contributed by atoms with E-state index in [4.69, 9.17) is 16.3 Å². The average molecular weight is 402 g/mol. The molecule has 28 heavy (non-hydrogen) atoms. The molecule has 3 rings (SSSR count). The molecule has 1 saturated heterocycles. The van der Waals surface area contributed by atoms with Crippen molar-refractivity contribution >= 4 is 17.5 Å². The van der Waals surface area contributed by atoms with Gasteiger partial charge in [0.15, 0.2) is 0 Å². The number of hydrogen-bond donors (Lipinski definition) is 1. The Morgan fingerprint density at radius 2 is 1.71 bits per heavy atom. The number of amides is 1. The molecule has 1 amide bonds. The summed E-state index contributed by atoms with van der Waals surface area (Å²) in [5, 5.41) is 3.80. The molecule has 1 atom stereocenters. The lowest BCUT2D eigenvalue weighted by atomic mass is 10.0. The number of nitrogens with one attached hydrogen (secondary N) is 1. The number of rotatable bonds is 7. The number of benzene rings is 2. The van der Waals surface area contributed by atoms with Crippen LogP contribution in [-0.2, 0) is 11.2 Å². The van der Waals surface area contributed by atoms with E-state index >= 15 is 0 Å². The number of nitrogens with zero attached hydrogens (tertiary/aromatic N) is 2. The second kappa shape index (κ2) is 9.92. The predicted molar refractivity (Wildman–Crippen MR) is 113 cm³/mol. The van der Waals surface area contributed by atoms with Crippen LogP contribution in [0.4, 0.5) is 0 Å². The highest BCUT2D eigenvalue weighted by Gasteiger charge is 2.24. The van der Waals surface area contributed by atoms with Crippen molar-refractivity contribution in [1.29, 1.82) is 0 Å². The normalized spacial score (nSPS) is 16.5. The van der Waals surface area contributed by atoms with Crippen molar-refractivity contribution in [1.82, 2.24) is 15.1 Å². The van der Waals surface area contributed by atoms with Crippen LogP contribution in [0.15, 0.2) is 48.5 Å². The van der Waals surface area contributed by atoms with Gasteiger partial charge in [0.05, 0.1) is 19.6 Å². The lowest BCUT2D eigenvalue weighted by Crippen LogP contribution is -2.48. The van der Waals surface area contributed by atoms with E-state index in [0.717, 1.165) is 37.5 Å². The second-order valence-corrected chi connectivity index (χ2v) is 7.67. The van der Waals surface area contributed by atoms with E-state index in [2.05, 4.69) is 34.3 Å². The largest absolute Gasteiger partial charge is 0.497 e. The first-order valence-corrected chi connectivity index (χ1v) is 10.0. The molecule has 1 aliphatic heterocycles. The molecule has 1 aliphatic rings. The monoisotopic (exact) mass is 401 g/mol. The fourth-order valence-corrected chi connectivity index (χ4v) is 3.60. The third kappa shape index (κ3) is 5.71. The average Bonchev–Trinajstić information content (AvgIpc) is 2.71. The van der Waals surface area contributed by atoms with Crippen molar-refractivity contribution in [3.63, 3.8) is 0 Å². The minimum atomic E-state index is 0.0231. The first kappa shape index (κ1) is 20.6. The van der Waals surface area contributed by atoms with Gasteiger partial charge in [0.25, 0.3) is 0 Å². The number of ether oxygens (including phenoxy) is 1. The van der Waals surface area contributed by atoms with Gasteiger partial charge in [-0.1, -0.05) is 35.9 Å². The second-order valence-electron chi connectivity index (χ2n) is 7.24. The SMILES string of the molecule is COc1ccc([C@@H](CNC(=O)Cc2ccc(Cl)cc2)N2CCN(C)CC2)cc1. The van der Waals surface area contributed by atoms with Crippen LogP contribution < -0.4 is 10.1 Å². The third-order valence-corrected chi connectivity index (χ3v) is 5.50. The van der Waals surface area contributed by atoms with Gasteiger partial charge in [-0.3, -0.25) is 9.69 Å². The van der Waals surface area contributed by atoms with E-state index in [1.165, 1.54) is 5.56 Å². The molecule has 1 N–H and O–H groups in total. The summed E-state index contributed by atoms with van der Waals surface area (Å²) < 4.78 is 5.28. The van der Waals surface area contributed by atoms with E-state index < -0.39 is 0 Å². The predicted octanol–water partition coefficient (Wildman–Crippen LogP) is 3.00. The topological polar surface area (TPSA) is 44.8 Å². The van der Waals surface area contributed by atoms with Gasteiger partial charge in [-0.25, -0.2) is 0 Å². The number of hydrogen-bond acceptors (Lipinski definition) is 4. The summed E-state index contributed by atoms with van der Waals surface area (Å²) >= 11 is 5.92. The number of methoxy groups -OCH3 is 1. The lowest BCUT2D eigenvalue weighted by molar-refractivity contribution is -0.120. The van der Waals surface area contributed by atoms with Crippen LogP contribution in [0.5, 0.6) is 5.75 Å². The molecule has 1 fully saturated rings. The van der Waals surface area contributed by atoms with Crippen LogP contribution in [-0.4, -0.2) is 62.6 Å². The molecule has 0 aromatic heterocycles. The summed E-state index contributed by atoms with van der Waals surface area (Å²) in [6.45, 7) is 4.62. The Hall–Kier alpha value is -2.08. The van der Waals surface area contributed by atoms with Gasteiger partial charge in [0.1, 0.15) is 5.75 Å². The molecule has 0 aliphatic carbocycles. The lowest BCUT2D eigenvalue weighted by Gasteiger charge is -2.38. The van der Waals surface area contributed by atoms with E-state index in [-0.39, 0.29) is 11.9 Å². The van der Waals surface area contributed by atoms with Crippen molar-refractivity contribution in [2.75, 3.05) is 46.9 Å². The number of carbonyl (C=O) groups is 1. The molecule has 0 unspecified atom stereocenters. The molecular formula is C22H28ClN3O2. The van der Waals surface area contributed by atoms with Crippen LogP contribution >= 0.6 is 11.6 Å². The van der Waals surface area contributed by atoms with Gasteiger partial charge >= 0.3 is 0 Å². The maximum Gasteiger partial charge on any atom is 0.224 e. The highest BCUT2D eigenvalue weighted by Crippen LogP contribution is 2.24. The first-order chi connectivity index (χ1) is 13.5. The van der Waals surface area contributed by atoms with Crippen molar-refractivity contribution < 1.29 is 9.53 Å². The molecule has 2 aromatic carbocycles. The summed E-state index contributed by atoms with van der Waals surface area (Å²) in [6, 6.07) is 15.7. The molecule has 0 saturated carbocycles. The van der Waals surface area contributed by atoms with Gasteiger partial charge in [-0.15, -0.1) is 0 Å². The van der Waals surface area contributed by atoms with Gasteiger partial charge in [-0.2, -0.15) is 0 Å². The Kier molecular flexibility index (Phi) is 7.31. The Balaban J connectivity index is 1.65. The summed E-state index contributed by atoms with van der Waals surface area (Å²) in [6.07, 6.45) is 0.356. The van der Waals surface area contributed by atoms with Crippen LogP contribution in [0, 0.1) is 0 Å². The Morgan fingerprint density at radius 1 is 1.07 bits per heavy atom. The van der Waals surface area contributed by atoms with E-state index in [1.54, 1.807) is 7.11 Å². The zero-order chi connectivity index (χ0) is 19.9. The molecule has 0 spiro atoms. The maximum absolute atomic E-state index is 12.5. The fraction of sp³-hybridized carbons (Fsp3) is 0.409. The van der Waals surface area contributed by atoms with Crippen LogP contribution in [0.3, 0.4) is 0 Å². The summed E-state index contributed by atoms with van der Waals surface area (Å²) in [7, 11) is 3.82. The highest BCUT2D eigenvalue weighted by atomic mass is 35.5. The van der Waals surface area contributed by atoms with Crippen molar-refractivity contribution in [2.24, 2.45) is 0 Å². The first-order valence-electron chi connectivity index (χ1n) is 9.63. The van der Waals surface area contributed by atoms with Crippen molar-refractivity contribution in [3.05, 3.63) is 64.7 Å². The highest BCUT2D eigenvalue weighted by molar-refractivity contribution is 6.30. The molecule has 0 bridgehead atoms. The van der Waals surface area contributed by atoms with Gasteiger partial charge < -0.3 is 15.0 Å². The minimum Gasteiger partial charge on any atom is -0.497 e. The van der Waals surface area contributed by atoms with Crippen molar-refractivity contribution in [3.8, 4) is 5.75 Å².